The summed E-state index contributed by atoms with van der Waals surface area (Å²) in [6, 6.07) is 50.1. The Morgan fingerprint density at radius 2 is 0.761 bits per heavy atom. The SMILES string of the molecule is CC1=C(c2cccc3ccccc23)c2ccccc2[CH]1[Zr+2]([CH3])([CH3])(=[SiH2])[CH]1C(C)=C(c2cccc3ccccc23)c2ccccc21.[Cl-].[Cl-]. The molecule has 0 spiro atoms. The molecule has 0 saturated carbocycles. The normalized spacial score (nSPS) is 17.0. The molecule has 2 aliphatic rings. The number of benzene rings is 6. The van der Waals surface area contributed by atoms with Gasteiger partial charge in [0.1, 0.15) is 0 Å². The van der Waals surface area contributed by atoms with Gasteiger partial charge in [0.05, 0.1) is 0 Å². The quantitative estimate of drug-likeness (QED) is 0.229. The molecule has 6 aromatic carbocycles. The number of hydrogen-bond donors (Lipinski definition) is 0. The Bertz CT molecular complexity index is 2140. The summed E-state index contributed by atoms with van der Waals surface area (Å²) < 4.78 is 6.43. The molecule has 0 aromatic heterocycles. The van der Waals surface area contributed by atoms with Crippen LogP contribution >= 0.6 is 0 Å². The van der Waals surface area contributed by atoms with Crippen LogP contribution in [0.1, 0.15) is 54.5 Å². The number of allylic oxidation sites excluding steroid dienone is 2. The molecule has 0 nitrogen and oxygen atoms in total. The smallest absolute Gasteiger partial charge is 1.00 e. The molecular weight excluding hydrogens is 695 g/mol. The Morgan fingerprint density at radius 1 is 0.435 bits per heavy atom. The Balaban J connectivity index is 0.00000186. The summed E-state index contributed by atoms with van der Waals surface area (Å²) in [6.07, 6.45) is 0. The van der Waals surface area contributed by atoms with Crippen molar-refractivity contribution < 1.29 is 42.2 Å². The van der Waals surface area contributed by atoms with E-state index < -0.39 is 17.4 Å². The first-order valence-electron chi connectivity index (χ1n) is 15.9. The van der Waals surface area contributed by atoms with E-state index in [2.05, 4.69) is 163 Å². The predicted octanol–water partition coefficient (Wildman–Crippen LogP) is 4.79. The summed E-state index contributed by atoms with van der Waals surface area (Å²) in [5, 5.41) is 5.32. The Kier molecular flexibility index (Phi) is 8.52. The van der Waals surface area contributed by atoms with Gasteiger partial charge in [0, 0.05) is 0 Å². The van der Waals surface area contributed by atoms with Crippen LogP contribution in [0.5, 0.6) is 0 Å². The monoisotopic (exact) mass is 730 g/mol. The van der Waals surface area contributed by atoms with Crippen LogP contribution in [0.15, 0.2) is 145 Å². The van der Waals surface area contributed by atoms with Crippen LogP contribution in [0.25, 0.3) is 32.7 Å². The first-order chi connectivity index (χ1) is 21.2. The predicted molar refractivity (Wildman–Crippen MR) is 190 cm³/mol. The van der Waals surface area contributed by atoms with E-state index in [9.17, 15) is 0 Å². The molecule has 0 amide bonds. The molecule has 8 rings (SSSR count). The molecule has 4 heteroatoms. The van der Waals surface area contributed by atoms with Gasteiger partial charge in [-0.1, -0.05) is 0 Å². The van der Waals surface area contributed by atoms with E-state index in [4.69, 9.17) is 0 Å². The third-order valence-corrected chi connectivity index (χ3v) is 28.6. The van der Waals surface area contributed by atoms with Crippen molar-refractivity contribution in [3.63, 3.8) is 0 Å². The van der Waals surface area contributed by atoms with Crippen molar-refractivity contribution in [3.8, 4) is 0 Å². The second-order valence-electron chi connectivity index (χ2n) is 14.1. The van der Waals surface area contributed by atoms with Crippen LogP contribution < -0.4 is 24.8 Å². The van der Waals surface area contributed by atoms with Crippen LogP contribution in [0.3, 0.4) is 0 Å². The van der Waals surface area contributed by atoms with E-state index in [1.807, 2.05) is 0 Å². The summed E-state index contributed by atoms with van der Waals surface area (Å²) in [5.74, 6) is 0. The Hall–Kier alpha value is -3.00. The van der Waals surface area contributed by atoms with Crippen LogP contribution in [0, 0.1) is 0 Å². The summed E-state index contributed by atoms with van der Waals surface area (Å²) in [5.41, 5.74) is 14.8. The van der Waals surface area contributed by atoms with Gasteiger partial charge >= 0.3 is 265 Å². The van der Waals surface area contributed by atoms with Gasteiger partial charge in [0.2, 0.25) is 0 Å². The molecule has 0 radical (unpaired) electrons. The Labute approximate surface area is 287 Å². The van der Waals surface area contributed by atoms with E-state index in [-0.39, 0.29) is 24.8 Å². The van der Waals surface area contributed by atoms with Crippen LogP contribution in [-0.2, 0) is 17.4 Å². The zero-order valence-electron chi connectivity index (χ0n) is 26.8. The van der Waals surface area contributed by atoms with Crippen LogP contribution in [0.2, 0.25) is 9.26 Å². The van der Waals surface area contributed by atoms with Crippen molar-refractivity contribution in [3.05, 3.63) is 178 Å². The zero-order chi connectivity index (χ0) is 30.2. The molecule has 46 heavy (non-hydrogen) atoms. The molecule has 228 valence electrons. The van der Waals surface area contributed by atoms with E-state index in [1.54, 1.807) is 22.3 Å². The van der Waals surface area contributed by atoms with Crippen LogP contribution in [-0.4, -0.2) is 6.88 Å². The average Bonchev–Trinajstić information content (AvgIpc) is 3.51. The average molecular weight is 733 g/mol. The maximum atomic E-state index is 2.76. The molecule has 6 aromatic rings. The van der Waals surface area contributed by atoms with Gasteiger partial charge in [-0.05, 0) is 0 Å². The van der Waals surface area contributed by atoms with E-state index in [0.29, 0.717) is 7.25 Å². The summed E-state index contributed by atoms with van der Waals surface area (Å²) in [4.78, 5) is 0. The van der Waals surface area contributed by atoms with Gasteiger partial charge in [-0.15, -0.1) is 0 Å². The largest absolute Gasteiger partial charge is 1.00 e. The molecule has 0 fully saturated rings. The van der Waals surface area contributed by atoms with Crippen molar-refractivity contribution in [2.24, 2.45) is 0 Å². The molecule has 0 bridgehead atoms. The molecule has 2 unspecified atom stereocenters. The van der Waals surface area contributed by atoms with E-state index >= 15 is 0 Å². The number of rotatable bonds is 4. The minimum absolute atomic E-state index is 0. The zero-order valence-corrected chi connectivity index (χ0v) is 32.2. The fourth-order valence-corrected chi connectivity index (χ4v) is 30.3. The van der Waals surface area contributed by atoms with Gasteiger partial charge in [-0.3, -0.25) is 0 Å². The summed E-state index contributed by atoms with van der Waals surface area (Å²) in [7, 11) is 0. The number of halogens is 2. The van der Waals surface area contributed by atoms with Gasteiger partial charge in [0.25, 0.3) is 0 Å². The fourth-order valence-electron chi connectivity index (χ4n) is 9.35. The number of hydrogen-bond acceptors (Lipinski definition) is 0. The summed E-state index contributed by atoms with van der Waals surface area (Å²) >= 11 is -3.77. The minimum atomic E-state index is -3.77. The molecule has 2 aliphatic carbocycles. The van der Waals surface area contributed by atoms with E-state index in [0.717, 1.165) is 0 Å². The van der Waals surface area contributed by atoms with Gasteiger partial charge in [-0.2, -0.15) is 0 Å². The molecule has 0 heterocycles. The first-order valence-corrected chi connectivity index (χ1v) is 29.6. The topological polar surface area (TPSA) is 0 Å². The molecular formula is C42H38Cl2SiZr. The second-order valence-corrected chi connectivity index (χ2v) is 44.6. The third-order valence-electron chi connectivity index (χ3n) is 10.8. The third kappa shape index (κ3) is 4.79. The van der Waals surface area contributed by atoms with Crippen LogP contribution in [0.4, 0.5) is 0 Å². The molecule has 0 aliphatic heterocycles. The molecule has 2 atom stereocenters. The van der Waals surface area contributed by atoms with Crippen molar-refractivity contribution in [1.29, 1.82) is 0 Å². The maximum absolute atomic E-state index is 3.77. The second kappa shape index (κ2) is 11.9. The number of fused-ring (bicyclic) bond motifs is 4. The first kappa shape index (κ1) is 32.9. The van der Waals surface area contributed by atoms with Crippen molar-refractivity contribution >= 4 is 39.6 Å². The summed E-state index contributed by atoms with van der Waals surface area (Å²) in [6.45, 7) is 7.36. The maximum Gasteiger partial charge on any atom is -1.00 e. The molecule has 0 saturated heterocycles. The standard InChI is InChI=1S/2C20H15.2CH3.2ClH.H2Si.Zr/c2*1-14-13-16-8-3-5-11-18(16)20(14)19-12-6-9-15-7-2-4-10-17(15)19;;;;;;/h2*2-13H,1H3;2*1H3;2*1H;1H2;/q;;;;;;;+2/p-2. The van der Waals surface area contributed by atoms with Crippen molar-refractivity contribution in [2.75, 3.05) is 0 Å². The minimum Gasteiger partial charge on any atom is -1.00 e. The van der Waals surface area contributed by atoms with Gasteiger partial charge < -0.3 is 24.8 Å². The van der Waals surface area contributed by atoms with Crippen molar-refractivity contribution in [2.45, 2.75) is 30.4 Å². The van der Waals surface area contributed by atoms with E-state index in [1.165, 1.54) is 54.9 Å². The molecule has 0 N–H and O–H groups in total. The Morgan fingerprint density at radius 3 is 1.20 bits per heavy atom. The fraction of sp³-hybridized carbons (Fsp3) is 0.143. The van der Waals surface area contributed by atoms with Gasteiger partial charge in [0.15, 0.2) is 0 Å². The van der Waals surface area contributed by atoms with Crippen molar-refractivity contribution in [1.82, 2.24) is 0 Å². The van der Waals surface area contributed by atoms with Gasteiger partial charge in [-0.25, -0.2) is 0 Å².